The third kappa shape index (κ3) is 3.38. The predicted molar refractivity (Wildman–Crippen MR) is 91.1 cm³/mol. The number of hydrogen-bond donors (Lipinski definition) is 0. The largest absolute Gasteiger partial charge is 0.494 e. The van der Waals surface area contributed by atoms with Crippen molar-refractivity contribution in [3.63, 3.8) is 0 Å². The van der Waals surface area contributed by atoms with Crippen molar-refractivity contribution in [2.24, 2.45) is 11.8 Å². The van der Waals surface area contributed by atoms with Crippen LogP contribution in [-0.4, -0.2) is 50.1 Å². The van der Waals surface area contributed by atoms with Gasteiger partial charge < -0.3 is 9.64 Å². The number of benzene rings is 1. The molecule has 2 saturated carbocycles. The highest BCUT2D eigenvalue weighted by Gasteiger charge is 2.43. The van der Waals surface area contributed by atoms with E-state index in [9.17, 15) is 4.39 Å². The van der Waals surface area contributed by atoms with Crippen molar-refractivity contribution in [3.8, 4) is 5.75 Å². The van der Waals surface area contributed by atoms with Gasteiger partial charge in [-0.25, -0.2) is 4.39 Å². The second kappa shape index (κ2) is 6.78. The molecule has 2 fully saturated rings. The monoisotopic (exact) mass is 320 g/mol. The molecule has 2 aliphatic carbocycles. The Morgan fingerprint density at radius 1 is 1.04 bits per heavy atom. The summed E-state index contributed by atoms with van der Waals surface area (Å²) in [6.45, 7) is 0.657. The number of methoxy groups -OCH3 is 1. The number of halogens is 1. The van der Waals surface area contributed by atoms with Crippen molar-refractivity contribution in [2.75, 3.05) is 28.3 Å². The lowest BCUT2D eigenvalue weighted by Crippen LogP contribution is -2.31. The first-order valence-corrected chi connectivity index (χ1v) is 8.67. The van der Waals surface area contributed by atoms with E-state index in [-0.39, 0.29) is 5.82 Å². The Labute approximate surface area is 139 Å². The summed E-state index contributed by atoms with van der Waals surface area (Å²) in [7, 11) is 8.04. The van der Waals surface area contributed by atoms with Gasteiger partial charge in [-0.3, -0.25) is 4.90 Å². The van der Waals surface area contributed by atoms with Gasteiger partial charge in [-0.2, -0.15) is 0 Å². The first-order valence-electron chi connectivity index (χ1n) is 8.67. The first kappa shape index (κ1) is 16.7. The Morgan fingerprint density at radius 3 is 2.22 bits per heavy atom. The average Bonchev–Trinajstić information content (AvgIpc) is 3.08. The molecule has 3 nitrogen and oxygen atoms in total. The van der Waals surface area contributed by atoms with Crippen LogP contribution in [0.15, 0.2) is 18.2 Å². The van der Waals surface area contributed by atoms with Crippen LogP contribution in [0.1, 0.15) is 31.2 Å². The Balaban J connectivity index is 1.60. The molecule has 4 atom stereocenters. The van der Waals surface area contributed by atoms with Crippen molar-refractivity contribution in [1.29, 1.82) is 0 Å². The van der Waals surface area contributed by atoms with Gasteiger partial charge in [-0.1, -0.05) is 12.1 Å². The van der Waals surface area contributed by atoms with E-state index in [1.165, 1.54) is 32.8 Å². The van der Waals surface area contributed by atoms with Gasteiger partial charge in [0, 0.05) is 24.2 Å². The Hall–Kier alpha value is -1.13. The molecule has 0 aliphatic heterocycles. The van der Waals surface area contributed by atoms with Crippen molar-refractivity contribution in [2.45, 2.75) is 44.3 Å². The maximum Gasteiger partial charge on any atom is 0.169 e. The summed E-state index contributed by atoms with van der Waals surface area (Å²) in [6.07, 6.45) is 5.18. The summed E-state index contributed by atoms with van der Waals surface area (Å²) in [5.74, 6) is 1.83. The van der Waals surface area contributed by atoms with Crippen molar-refractivity contribution in [3.05, 3.63) is 29.6 Å². The van der Waals surface area contributed by atoms with Crippen molar-refractivity contribution < 1.29 is 9.13 Å². The van der Waals surface area contributed by atoms with E-state index in [4.69, 9.17) is 4.74 Å². The quantitative estimate of drug-likeness (QED) is 0.827. The molecule has 2 aliphatic rings. The normalized spacial score (nSPS) is 30.2. The topological polar surface area (TPSA) is 15.7 Å². The van der Waals surface area contributed by atoms with E-state index in [2.05, 4.69) is 30.9 Å². The highest BCUT2D eigenvalue weighted by atomic mass is 19.1. The number of fused-ring (bicyclic) bond motifs is 1. The minimum absolute atomic E-state index is 0.215. The van der Waals surface area contributed by atoms with Gasteiger partial charge in [-0.15, -0.1) is 0 Å². The number of nitrogens with zero attached hydrogens (tertiary/aromatic N) is 2. The second-order valence-corrected chi connectivity index (χ2v) is 7.58. The highest BCUT2D eigenvalue weighted by molar-refractivity contribution is 5.31. The molecule has 23 heavy (non-hydrogen) atoms. The molecular weight excluding hydrogens is 291 g/mol. The Bertz CT molecular complexity index is 534. The number of ether oxygens (including phenoxy) is 1. The number of hydrogen-bond acceptors (Lipinski definition) is 3. The molecular formula is C19H29FN2O. The van der Waals surface area contributed by atoms with Crippen LogP contribution in [0.5, 0.6) is 5.75 Å². The summed E-state index contributed by atoms with van der Waals surface area (Å²) in [6, 6.07) is 6.76. The zero-order chi connectivity index (χ0) is 16.6. The fourth-order valence-electron chi connectivity index (χ4n) is 4.57. The van der Waals surface area contributed by atoms with Gasteiger partial charge in [0.1, 0.15) is 0 Å². The molecule has 3 rings (SSSR count). The lowest BCUT2D eigenvalue weighted by Gasteiger charge is -2.27. The molecule has 0 radical (unpaired) electrons. The zero-order valence-electron chi connectivity index (χ0n) is 14.8. The summed E-state index contributed by atoms with van der Waals surface area (Å²) >= 11 is 0. The smallest absolute Gasteiger partial charge is 0.169 e. The van der Waals surface area contributed by atoms with Crippen molar-refractivity contribution >= 4 is 0 Å². The van der Waals surface area contributed by atoms with Gasteiger partial charge in [0.15, 0.2) is 11.6 Å². The summed E-state index contributed by atoms with van der Waals surface area (Å²) in [4.78, 5) is 4.71. The second-order valence-electron chi connectivity index (χ2n) is 7.58. The molecule has 1 aromatic carbocycles. The van der Waals surface area contributed by atoms with Crippen LogP contribution in [0.2, 0.25) is 0 Å². The van der Waals surface area contributed by atoms with E-state index in [0.717, 1.165) is 23.4 Å². The Kier molecular flexibility index (Phi) is 4.93. The maximum atomic E-state index is 14.3. The first-order chi connectivity index (χ1) is 11.0. The summed E-state index contributed by atoms with van der Waals surface area (Å²) in [5, 5.41) is 0. The molecule has 128 valence electrons. The molecule has 1 aromatic rings. The molecule has 0 aromatic heterocycles. The summed E-state index contributed by atoms with van der Waals surface area (Å²) < 4.78 is 19.4. The zero-order valence-corrected chi connectivity index (χ0v) is 14.8. The van der Waals surface area contributed by atoms with E-state index in [0.29, 0.717) is 18.3 Å². The van der Waals surface area contributed by atoms with E-state index in [1.807, 2.05) is 12.1 Å². The molecule has 0 bridgehead atoms. The van der Waals surface area contributed by atoms with Gasteiger partial charge >= 0.3 is 0 Å². The molecule has 4 heteroatoms. The van der Waals surface area contributed by atoms with Crippen molar-refractivity contribution in [1.82, 2.24) is 9.80 Å². The molecule has 2 unspecified atom stereocenters. The molecule has 0 spiro atoms. The van der Waals surface area contributed by atoms with Crippen LogP contribution in [0, 0.1) is 17.7 Å². The van der Waals surface area contributed by atoms with Crippen LogP contribution in [0.25, 0.3) is 0 Å². The highest BCUT2D eigenvalue weighted by Crippen LogP contribution is 2.46. The van der Waals surface area contributed by atoms with E-state index < -0.39 is 0 Å². The van der Waals surface area contributed by atoms with E-state index >= 15 is 0 Å². The van der Waals surface area contributed by atoms with Crippen LogP contribution in [0.3, 0.4) is 0 Å². The Morgan fingerprint density at radius 2 is 1.65 bits per heavy atom. The third-order valence-electron chi connectivity index (χ3n) is 6.00. The third-order valence-corrected chi connectivity index (χ3v) is 6.00. The fourth-order valence-corrected chi connectivity index (χ4v) is 4.57. The van der Waals surface area contributed by atoms with Crippen LogP contribution in [0.4, 0.5) is 4.39 Å². The van der Waals surface area contributed by atoms with Crippen LogP contribution in [-0.2, 0) is 6.54 Å². The van der Waals surface area contributed by atoms with Gasteiger partial charge in [0.2, 0.25) is 0 Å². The minimum Gasteiger partial charge on any atom is -0.494 e. The van der Waals surface area contributed by atoms with Crippen LogP contribution >= 0.6 is 0 Å². The molecule has 0 saturated heterocycles. The predicted octanol–water partition coefficient (Wildman–Crippen LogP) is 3.38. The fraction of sp³-hybridized carbons (Fsp3) is 0.684. The minimum atomic E-state index is -0.215. The molecule has 0 amide bonds. The van der Waals surface area contributed by atoms with Crippen LogP contribution < -0.4 is 4.74 Å². The SMILES string of the molecule is COc1cccc(CN(C)C2C[C@H]3CC(N(C)C)C[C@H]3C2)c1F. The van der Waals surface area contributed by atoms with Gasteiger partial charge in [-0.05, 0) is 64.7 Å². The lowest BCUT2D eigenvalue weighted by atomic mass is 10.0. The molecule has 0 heterocycles. The molecule has 0 N–H and O–H groups in total. The number of rotatable bonds is 5. The average molecular weight is 320 g/mol. The van der Waals surface area contributed by atoms with Gasteiger partial charge in [0.05, 0.1) is 7.11 Å². The lowest BCUT2D eigenvalue weighted by molar-refractivity contribution is 0.209. The maximum absolute atomic E-state index is 14.3. The van der Waals surface area contributed by atoms with E-state index in [1.54, 1.807) is 6.07 Å². The standard InChI is InChI=1S/C19H29FN2O/c1-21(2)16-8-14-10-17(11-15(14)9-16)22(3)12-13-6-5-7-18(23-4)19(13)20/h5-7,14-17H,8-12H2,1-4H3/t14-,15+,16?,17?. The van der Waals surface area contributed by atoms with Gasteiger partial charge in [0.25, 0.3) is 0 Å². The summed E-state index contributed by atoms with van der Waals surface area (Å²) in [5.41, 5.74) is 0.732.